The number of benzene rings is 4. The molecule has 0 unspecified atom stereocenters. The minimum absolute atomic E-state index is 0.151. The molecule has 0 aromatic heterocycles. The average Bonchev–Trinajstić information content (AvgIpc) is 3.22. The SMILES string of the molecule is Nc1ccc2c(c1)/C(=C(/Nc1ccc(C(=O)NCc3ccccc3)cc1)c1ccccc1)C(=O)N2. The van der Waals surface area contributed by atoms with Crippen LogP contribution in [0.3, 0.4) is 0 Å². The number of fused-ring (bicyclic) bond motifs is 1. The third-order valence-electron chi connectivity index (χ3n) is 5.81. The largest absolute Gasteiger partial charge is 0.399 e. The topological polar surface area (TPSA) is 96.2 Å². The summed E-state index contributed by atoms with van der Waals surface area (Å²) < 4.78 is 0. The molecule has 0 aliphatic carbocycles. The van der Waals surface area contributed by atoms with Crippen molar-refractivity contribution < 1.29 is 9.59 Å². The molecule has 5 N–H and O–H groups in total. The Hall–Kier alpha value is -4.84. The van der Waals surface area contributed by atoms with E-state index in [9.17, 15) is 9.59 Å². The van der Waals surface area contributed by atoms with Gasteiger partial charge in [-0.2, -0.15) is 0 Å². The van der Waals surface area contributed by atoms with Crippen molar-refractivity contribution in [2.24, 2.45) is 0 Å². The molecule has 6 nitrogen and oxygen atoms in total. The second-order valence-corrected chi connectivity index (χ2v) is 8.25. The molecule has 1 aliphatic rings. The Bertz CT molecular complexity index is 1410. The first-order valence-electron chi connectivity index (χ1n) is 11.3. The van der Waals surface area contributed by atoms with Crippen LogP contribution in [-0.2, 0) is 11.3 Å². The van der Waals surface area contributed by atoms with E-state index < -0.39 is 0 Å². The van der Waals surface area contributed by atoms with Gasteiger partial charge in [0, 0.05) is 34.7 Å². The summed E-state index contributed by atoms with van der Waals surface area (Å²) >= 11 is 0. The van der Waals surface area contributed by atoms with Gasteiger partial charge in [-0.05, 0) is 53.6 Å². The summed E-state index contributed by atoms with van der Waals surface area (Å²) in [6, 6.07) is 32.0. The number of hydrogen-bond acceptors (Lipinski definition) is 4. The number of rotatable bonds is 6. The number of nitrogen functional groups attached to an aromatic ring is 1. The Morgan fingerprint density at radius 2 is 1.49 bits per heavy atom. The first-order valence-corrected chi connectivity index (χ1v) is 11.3. The Kier molecular flexibility index (Phi) is 6.01. The van der Waals surface area contributed by atoms with Crippen LogP contribution in [0.2, 0.25) is 0 Å². The highest BCUT2D eigenvalue weighted by Gasteiger charge is 2.28. The van der Waals surface area contributed by atoms with Gasteiger partial charge < -0.3 is 21.7 Å². The zero-order valence-corrected chi connectivity index (χ0v) is 18.9. The molecule has 0 saturated heterocycles. The zero-order valence-electron chi connectivity index (χ0n) is 18.9. The van der Waals surface area contributed by atoms with E-state index >= 15 is 0 Å². The highest BCUT2D eigenvalue weighted by molar-refractivity contribution is 6.37. The van der Waals surface area contributed by atoms with Crippen molar-refractivity contribution in [3.05, 3.63) is 125 Å². The number of carbonyl (C=O) groups is 2. The fourth-order valence-corrected chi connectivity index (χ4v) is 4.05. The molecule has 0 atom stereocenters. The van der Waals surface area contributed by atoms with Gasteiger partial charge in [0.25, 0.3) is 11.8 Å². The molecule has 35 heavy (non-hydrogen) atoms. The van der Waals surface area contributed by atoms with Gasteiger partial charge in [0.15, 0.2) is 0 Å². The molecule has 5 rings (SSSR count). The standard InChI is InChI=1S/C29H24N4O2/c30-22-13-16-25-24(17-22)26(29(35)33-25)27(20-9-5-2-6-10-20)32-23-14-11-21(12-15-23)28(34)31-18-19-7-3-1-4-8-19/h1-17,32H,18,30H2,(H,31,34)(H,33,35)/b27-26-. The molecule has 0 spiro atoms. The fraction of sp³-hybridized carbons (Fsp3) is 0.0345. The van der Waals surface area contributed by atoms with E-state index in [2.05, 4.69) is 16.0 Å². The van der Waals surface area contributed by atoms with E-state index in [1.165, 1.54) is 0 Å². The maximum atomic E-state index is 13.0. The second-order valence-electron chi connectivity index (χ2n) is 8.25. The van der Waals surface area contributed by atoms with Crippen molar-refractivity contribution in [2.45, 2.75) is 6.54 Å². The number of anilines is 3. The average molecular weight is 461 g/mol. The van der Waals surface area contributed by atoms with Gasteiger partial charge in [-0.1, -0.05) is 60.7 Å². The second kappa shape index (κ2) is 9.57. The molecule has 1 heterocycles. The molecule has 0 radical (unpaired) electrons. The minimum atomic E-state index is -0.200. The van der Waals surface area contributed by atoms with Crippen LogP contribution in [-0.4, -0.2) is 11.8 Å². The first-order chi connectivity index (χ1) is 17.1. The number of amides is 2. The lowest BCUT2D eigenvalue weighted by atomic mass is 9.99. The fourth-order valence-electron chi connectivity index (χ4n) is 4.05. The highest BCUT2D eigenvalue weighted by Crippen LogP contribution is 2.38. The van der Waals surface area contributed by atoms with Crippen LogP contribution in [0.25, 0.3) is 11.3 Å². The Labute approximate surface area is 203 Å². The summed E-state index contributed by atoms with van der Waals surface area (Å²) in [5.74, 6) is -0.351. The first kappa shape index (κ1) is 22.0. The van der Waals surface area contributed by atoms with Crippen molar-refractivity contribution >= 4 is 40.1 Å². The van der Waals surface area contributed by atoms with Crippen LogP contribution in [0.1, 0.15) is 27.0 Å². The van der Waals surface area contributed by atoms with Crippen LogP contribution < -0.4 is 21.7 Å². The monoisotopic (exact) mass is 460 g/mol. The Balaban J connectivity index is 1.43. The molecular weight excluding hydrogens is 436 g/mol. The van der Waals surface area contributed by atoms with Gasteiger partial charge in [0.2, 0.25) is 0 Å². The molecule has 172 valence electrons. The molecular formula is C29H24N4O2. The third kappa shape index (κ3) is 4.77. The van der Waals surface area contributed by atoms with Crippen LogP contribution in [0.15, 0.2) is 103 Å². The van der Waals surface area contributed by atoms with E-state index in [-0.39, 0.29) is 11.8 Å². The molecule has 2 amide bonds. The summed E-state index contributed by atoms with van der Waals surface area (Å²) in [6.07, 6.45) is 0. The van der Waals surface area contributed by atoms with Crippen LogP contribution in [0.5, 0.6) is 0 Å². The molecule has 6 heteroatoms. The quantitative estimate of drug-likeness (QED) is 0.237. The van der Waals surface area contributed by atoms with Gasteiger partial charge in [0.05, 0.1) is 11.3 Å². The Morgan fingerprint density at radius 3 is 2.20 bits per heavy atom. The van der Waals surface area contributed by atoms with Crippen LogP contribution in [0.4, 0.5) is 17.1 Å². The molecule has 1 aliphatic heterocycles. The smallest absolute Gasteiger partial charge is 0.258 e. The number of hydrogen-bond donors (Lipinski definition) is 4. The summed E-state index contributed by atoms with van der Waals surface area (Å²) in [7, 11) is 0. The van der Waals surface area contributed by atoms with Crippen molar-refractivity contribution in [3.8, 4) is 0 Å². The lowest BCUT2D eigenvalue weighted by Gasteiger charge is -2.15. The molecule has 0 fully saturated rings. The summed E-state index contributed by atoms with van der Waals surface area (Å²) in [5, 5.41) is 9.25. The molecule has 0 saturated carbocycles. The number of nitrogens with two attached hydrogens (primary N) is 1. The van der Waals surface area contributed by atoms with Gasteiger partial charge in [-0.15, -0.1) is 0 Å². The van der Waals surface area contributed by atoms with Gasteiger partial charge in [-0.25, -0.2) is 0 Å². The lowest BCUT2D eigenvalue weighted by Crippen LogP contribution is -2.22. The summed E-state index contributed by atoms with van der Waals surface area (Å²) in [5.41, 5.74) is 12.4. The minimum Gasteiger partial charge on any atom is -0.399 e. The van der Waals surface area contributed by atoms with Crippen molar-refractivity contribution in [1.29, 1.82) is 0 Å². The third-order valence-corrected chi connectivity index (χ3v) is 5.81. The Morgan fingerprint density at radius 1 is 0.800 bits per heavy atom. The predicted molar refractivity (Wildman–Crippen MR) is 140 cm³/mol. The summed E-state index contributed by atoms with van der Waals surface area (Å²) in [4.78, 5) is 25.6. The van der Waals surface area contributed by atoms with E-state index in [0.717, 1.165) is 28.1 Å². The van der Waals surface area contributed by atoms with Gasteiger partial charge in [-0.3, -0.25) is 9.59 Å². The van der Waals surface area contributed by atoms with Crippen molar-refractivity contribution in [3.63, 3.8) is 0 Å². The zero-order chi connectivity index (χ0) is 24.2. The van der Waals surface area contributed by atoms with Crippen LogP contribution in [0, 0.1) is 0 Å². The maximum Gasteiger partial charge on any atom is 0.258 e. The van der Waals surface area contributed by atoms with Crippen LogP contribution >= 0.6 is 0 Å². The molecule has 0 bridgehead atoms. The number of carbonyl (C=O) groups excluding carboxylic acids is 2. The molecule has 4 aromatic carbocycles. The van der Waals surface area contributed by atoms with E-state index in [1.54, 1.807) is 30.3 Å². The van der Waals surface area contributed by atoms with E-state index in [1.807, 2.05) is 72.8 Å². The van der Waals surface area contributed by atoms with E-state index in [4.69, 9.17) is 5.73 Å². The summed E-state index contributed by atoms with van der Waals surface area (Å²) in [6.45, 7) is 0.460. The predicted octanol–water partition coefficient (Wildman–Crippen LogP) is 5.13. The number of nitrogens with one attached hydrogen (secondary N) is 3. The normalized spacial score (nSPS) is 13.5. The van der Waals surface area contributed by atoms with E-state index in [0.29, 0.717) is 29.1 Å². The highest BCUT2D eigenvalue weighted by atomic mass is 16.2. The van der Waals surface area contributed by atoms with Crippen molar-refractivity contribution in [2.75, 3.05) is 16.4 Å². The maximum absolute atomic E-state index is 13.0. The van der Waals surface area contributed by atoms with Gasteiger partial charge in [0.1, 0.15) is 0 Å². The lowest BCUT2D eigenvalue weighted by molar-refractivity contribution is -0.110. The molecule has 4 aromatic rings. The van der Waals surface area contributed by atoms with Crippen molar-refractivity contribution in [1.82, 2.24) is 5.32 Å². The van der Waals surface area contributed by atoms with Gasteiger partial charge >= 0.3 is 0 Å².